The molecule has 1 amide bonds. The zero-order valence-electron chi connectivity index (χ0n) is 11.8. The van der Waals surface area contributed by atoms with Crippen molar-refractivity contribution in [1.29, 1.82) is 0 Å². The Hall–Kier alpha value is -1.79. The van der Waals surface area contributed by atoms with Gasteiger partial charge in [-0.1, -0.05) is 11.6 Å². The highest BCUT2D eigenvalue weighted by molar-refractivity contribution is 6.31. The lowest BCUT2D eigenvalue weighted by atomic mass is 10.2. The number of nitrogens with two attached hydrogens (primary N) is 1. The van der Waals surface area contributed by atoms with Gasteiger partial charge in [0.1, 0.15) is 6.04 Å². The second-order valence-corrected chi connectivity index (χ2v) is 5.52. The van der Waals surface area contributed by atoms with Crippen molar-refractivity contribution in [3.63, 3.8) is 0 Å². The number of hydrogen-bond acceptors (Lipinski definition) is 4. The number of fused-ring (bicyclic) bond motifs is 1. The molecule has 0 bridgehead atoms. The number of rotatable bonds is 2. The Kier molecular flexibility index (Phi) is 3.73. The first kappa shape index (κ1) is 14.2. The molecule has 1 unspecified atom stereocenters. The lowest BCUT2D eigenvalue weighted by molar-refractivity contribution is -0.138. The number of carbonyl (C=O) groups is 1. The molecule has 7 heteroatoms. The maximum Gasteiger partial charge on any atom is 0.245 e. The van der Waals surface area contributed by atoms with Crippen molar-refractivity contribution >= 4 is 34.5 Å². The number of nitrogens with zero attached hydrogens (tertiary/aromatic N) is 3. The summed E-state index contributed by atoms with van der Waals surface area (Å²) in [4.78, 5) is 18.7. The van der Waals surface area contributed by atoms with Gasteiger partial charge in [0.15, 0.2) is 0 Å². The van der Waals surface area contributed by atoms with E-state index in [0.29, 0.717) is 42.8 Å². The molecule has 2 N–H and O–H groups in total. The van der Waals surface area contributed by atoms with Crippen LogP contribution in [-0.2, 0) is 9.53 Å². The third kappa shape index (κ3) is 2.56. The first-order valence-electron chi connectivity index (χ1n) is 6.87. The molecule has 0 saturated carbocycles. The Balaban J connectivity index is 1.95. The predicted molar refractivity (Wildman–Crippen MR) is 81.3 cm³/mol. The van der Waals surface area contributed by atoms with Crippen LogP contribution in [-0.4, -0.2) is 46.7 Å². The Morgan fingerprint density at radius 3 is 2.86 bits per heavy atom. The summed E-state index contributed by atoms with van der Waals surface area (Å²) in [5.74, 6) is 0.348. The molecule has 6 nitrogen and oxygen atoms in total. The quantitative estimate of drug-likeness (QED) is 0.916. The number of imidazole rings is 1. The molecule has 1 aromatic carbocycles. The van der Waals surface area contributed by atoms with E-state index >= 15 is 0 Å². The van der Waals surface area contributed by atoms with Gasteiger partial charge in [0.2, 0.25) is 11.9 Å². The molecule has 1 atom stereocenters. The molecule has 0 aliphatic carbocycles. The highest BCUT2D eigenvalue weighted by atomic mass is 35.5. The number of aromatic nitrogens is 2. The number of hydrogen-bond donors (Lipinski definition) is 1. The van der Waals surface area contributed by atoms with Crippen molar-refractivity contribution in [3.8, 4) is 0 Å². The van der Waals surface area contributed by atoms with Gasteiger partial charge in [-0.05, 0) is 25.1 Å². The standard InChI is InChI=1S/C14H17ClN4O2/c1-9(13(20)18-4-6-21-7-5-18)19-12-3-2-10(15)8-11(12)17-14(19)16/h2-3,8-9H,4-7H2,1H3,(H2,16,17). The molecule has 2 aromatic rings. The van der Waals surface area contributed by atoms with Crippen molar-refractivity contribution in [1.82, 2.24) is 14.5 Å². The highest BCUT2D eigenvalue weighted by Crippen LogP contribution is 2.26. The van der Waals surface area contributed by atoms with Gasteiger partial charge in [-0.3, -0.25) is 9.36 Å². The first-order valence-corrected chi connectivity index (χ1v) is 7.25. The van der Waals surface area contributed by atoms with Crippen molar-refractivity contribution in [3.05, 3.63) is 23.2 Å². The molecular formula is C14H17ClN4O2. The summed E-state index contributed by atoms with van der Waals surface area (Å²) < 4.78 is 7.03. The van der Waals surface area contributed by atoms with E-state index in [1.54, 1.807) is 21.6 Å². The van der Waals surface area contributed by atoms with Crippen molar-refractivity contribution < 1.29 is 9.53 Å². The molecule has 3 rings (SSSR count). The molecule has 2 heterocycles. The fraction of sp³-hybridized carbons (Fsp3) is 0.429. The first-order chi connectivity index (χ1) is 10.1. The van der Waals surface area contributed by atoms with Gasteiger partial charge in [-0.15, -0.1) is 0 Å². The predicted octanol–water partition coefficient (Wildman–Crippen LogP) is 1.69. The molecule has 1 fully saturated rings. The Labute approximate surface area is 127 Å². The fourth-order valence-electron chi connectivity index (χ4n) is 2.66. The normalized spacial score (nSPS) is 17.1. The molecule has 21 heavy (non-hydrogen) atoms. The SMILES string of the molecule is CC(C(=O)N1CCOCC1)n1c(N)nc2cc(Cl)ccc21. The molecule has 1 aromatic heterocycles. The molecule has 1 aliphatic rings. The Morgan fingerprint density at radius 2 is 2.14 bits per heavy atom. The summed E-state index contributed by atoms with van der Waals surface area (Å²) in [6, 6.07) is 4.95. The average molecular weight is 309 g/mol. The van der Waals surface area contributed by atoms with Crippen molar-refractivity contribution in [2.24, 2.45) is 0 Å². The fourth-order valence-corrected chi connectivity index (χ4v) is 2.82. The van der Waals surface area contributed by atoms with E-state index in [9.17, 15) is 4.79 Å². The highest BCUT2D eigenvalue weighted by Gasteiger charge is 2.26. The molecule has 1 saturated heterocycles. The van der Waals surface area contributed by atoms with E-state index in [4.69, 9.17) is 22.1 Å². The van der Waals surface area contributed by atoms with Crippen LogP contribution >= 0.6 is 11.6 Å². The van der Waals surface area contributed by atoms with Crippen LogP contribution in [0.2, 0.25) is 5.02 Å². The molecule has 112 valence electrons. The topological polar surface area (TPSA) is 73.4 Å². The third-order valence-corrected chi connectivity index (χ3v) is 3.98. The lowest BCUT2D eigenvalue weighted by Gasteiger charge is -2.30. The molecule has 0 radical (unpaired) electrons. The van der Waals surface area contributed by atoms with Gasteiger partial charge < -0.3 is 15.4 Å². The number of anilines is 1. The van der Waals surface area contributed by atoms with Crippen LogP contribution in [0.15, 0.2) is 18.2 Å². The summed E-state index contributed by atoms with van der Waals surface area (Å²) in [5, 5.41) is 0.597. The van der Waals surface area contributed by atoms with Gasteiger partial charge in [-0.25, -0.2) is 4.98 Å². The summed E-state index contributed by atoms with van der Waals surface area (Å²) in [6.45, 7) is 4.22. The number of carbonyl (C=O) groups excluding carboxylic acids is 1. The van der Waals surface area contributed by atoms with Crippen LogP contribution in [0.25, 0.3) is 11.0 Å². The zero-order chi connectivity index (χ0) is 15.0. The van der Waals surface area contributed by atoms with E-state index in [0.717, 1.165) is 5.52 Å². The van der Waals surface area contributed by atoms with Gasteiger partial charge in [0, 0.05) is 18.1 Å². The van der Waals surface area contributed by atoms with E-state index in [1.807, 2.05) is 13.0 Å². The smallest absolute Gasteiger partial charge is 0.245 e. The maximum absolute atomic E-state index is 12.6. The van der Waals surface area contributed by atoms with E-state index in [-0.39, 0.29) is 5.91 Å². The minimum absolute atomic E-state index is 0.0271. The number of benzene rings is 1. The van der Waals surface area contributed by atoms with Gasteiger partial charge in [0.25, 0.3) is 0 Å². The minimum Gasteiger partial charge on any atom is -0.378 e. The number of morpholine rings is 1. The van der Waals surface area contributed by atoms with Crippen LogP contribution < -0.4 is 5.73 Å². The Morgan fingerprint density at radius 1 is 1.43 bits per heavy atom. The van der Waals surface area contributed by atoms with E-state index in [1.165, 1.54) is 0 Å². The summed E-state index contributed by atoms with van der Waals surface area (Å²) in [7, 11) is 0. The van der Waals surface area contributed by atoms with Gasteiger partial charge >= 0.3 is 0 Å². The zero-order valence-corrected chi connectivity index (χ0v) is 12.5. The number of amides is 1. The number of halogens is 1. The second kappa shape index (κ2) is 5.54. The van der Waals surface area contributed by atoms with Gasteiger partial charge in [-0.2, -0.15) is 0 Å². The Bertz CT molecular complexity index is 679. The maximum atomic E-state index is 12.6. The van der Waals surface area contributed by atoms with Crippen molar-refractivity contribution in [2.75, 3.05) is 32.0 Å². The summed E-state index contributed by atoms with van der Waals surface area (Å²) in [5.41, 5.74) is 7.49. The van der Waals surface area contributed by atoms with Crippen LogP contribution in [0.3, 0.4) is 0 Å². The molecule has 0 spiro atoms. The van der Waals surface area contributed by atoms with Crippen LogP contribution in [0.4, 0.5) is 5.95 Å². The molecular weight excluding hydrogens is 292 g/mol. The summed E-state index contributed by atoms with van der Waals surface area (Å²) in [6.07, 6.45) is 0. The third-order valence-electron chi connectivity index (χ3n) is 3.75. The number of ether oxygens (including phenoxy) is 1. The van der Waals surface area contributed by atoms with Crippen molar-refractivity contribution in [2.45, 2.75) is 13.0 Å². The van der Waals surface area contributed by atoms with Crippen LogP contribution in [0, 0.1) is 0 Å². The summed E-state index contributed by atoms with van der Waals surface area (Å²) >= 11 is 5.97. The van der Waals surface area contributed by atoms with Gasteiger partial charge in [0.05, 0.1) is 24.2 Å². The van der Waals surface area contributed by atoms with E-state index in [2.05, 4.69) is 4.98 Å². The lowest BCUT2D eigenvalue weighted by Crippen LogP contribution is -2.43. The largest absolute Gasteiger partial charge is 0.378 e. The molecule has 1 aliphatic heterocycles. The number of nitrogen functional groups attached to an aromatic ring is 1. The van der Waals surface area contributed by atoms with Crippen LogP contribution in [0.5, 0.6) is 0 Å². The van der Waals surface area contributed by atoms with E-state index < -0.39 is 6.04 Å². The van der Waals surface area contributed by atoms with Crippen LogP contribution in [0.1, 0.15) is 13.0 Å². The monoisotopic (exact) mass is 308 g/mol. The second-order valence-electron chi connectivity index (χ2n) is 5.09. The minimum atomic E-state index is -0.408. The average Bonchev–Trinajstić information content (AvgIpc) is 2.81.